The molecule has 2 unspecified atom stereocenters. The molecule has 5 atom stereocenters. The van der Waals surface area contributed by atoms with Crippen molar-refractivity contribution < 1.29 is 32.9 Å². The van der Waals surface area contributed by atoms with Crippen molar-refractivity contribution in [2.45, 2.75) is 87.8 Å². The van der Waals surface area contributed by atoms with E-state index < -0.39 is 28.9 Å². The second-order valence-electron chi connectivity index (χ2n) is 12.9. The molecule has 2 aromatic carbocycles. The molecule has 1 spiro atoms. The van der Waals surface area contributed by atoms with Gasteiger partial charge in [-0.25, -0.2) is 0 Å². The van der Waals surface area contributed by atoms with Gasteiger partial charge in [0, 0.05) is 31.1 Å². The monoisotopic (exact) mass is 584 g/mol. The fraction of sp³-hybridized carbons (Fsp3) is 0.545. The zero-order valence-corrected chi connectivity index (χ0v) is 24.2. The SMILES string of the molecule is C=CCN1CC[C@]23c4c5ccc(O)c4OC2C(N(CC(C)C)C(=O)CCc2ccc(C(F)(F)F)cc2)CC[C@@]3(O)[C@H]1C5. The van der Waals surface area contributed by atoms with Gasteiger partial charge in [0.25, 0.3) is 0 Å². The maximum absolute atomic E-state index is 13.9. The van der Waals surface area contributed by atoms with E-state index in [2.05, 4.69) is 11.5 Å². The zero-order chi connectivity index (χ0) is 30.0. The number of amides is 1. The van der Waals surface area contributed by atoms with Gasteiger partial charge in [0.15, 0.2) is 11.5 Å². The highest BCUT2D eigenvalue weighted by molar-refractivity contribution is 5.77. The van der Waals surface area contributed by atoms with E-state index in [4.69, 9.17) is 4.74 Å². The van der Waals surface area contributed by atoms with Crippen LogP contribution >= 0.6 is 0 Å². The maximum Gasteiger partial charge on any atom is 0.416 e. The van der Waals surface area contributed by atoms with Crippen molar-refractivity contribution in [2.75, 3.05) is 19.6 Å². The van der Waals surface area contributed by atoms with Crippen molar-refractivity contribution in [2.24, 2.45) is 5.92 Å². The molecule has 226 valence electrons. The van der Waals surface area contributed by atoms with Gasteiger partial charge in [0.2, 0.25) is 5.91 Å². The highest BCUT2D eigenvalue weighted by Gasteiger charge is 2.73. The number of aryl methyl sites for hydroxylation is 1. The quantitative estimate of drug-likeness (QED) is 0.416. The average Bonchev–Trinajstić information content (AvgIpc) is 3.29. The van der Waals surface area contributed by atoms with E-state index >= 15 is 0 Å². The fourth-order valence-corrected chi connectivity index (χ4v) is 8.38. The summed E-state index contributed by atoms with van der Waals surface area (Å²) in [5, 5.41) is 23.5. The minimum absolute atomic E-state index is 0.0506. The Hall–Kier alpha value is -3.04. The van der Waals surface area contributed by atoms with Gasteiger partial charge in [0.05, 0.1) is 22.6 Å². The van der Waals surface area contributed by atoms with E-state index in [1.54, 1.807) is 6.07 Å². The van der Waals surface area contributed by atoms with E-state index in [1.165, 1.54) is 12.1 Å². The first-order valence-electron chi connectivity index (χ1n) is 15.0. The second-order valence-corrected chi connectivity index (χ2v) is 12.9. The average molecular weight is 585 g/mol. The number of carbonyl (C=O) groups is 1. The Morgan fingerprint density at radius 1 is 1.21 bits per heavy atom. The minimum Gasteiger partial charge on any atom is -0.504 e. The van der Waals surface area contributed by atoms with Crippen LogP contribution in [-0.4, -0.2) is 69.3 Å². The van der Waals surface area contributed by atoms with Gasteiger partial charge < -0.3 is 19.8 Å². The van der Waals surface area contributed by atoms with E-state index in [-0.39, 0.29) is 36.1 Å². The molecule has 0 aromatic heterocycles. The Balaban J connectivity index is 1.33. The number of aromatic hydroxyl groups is 1. The highest BCUT2D eigenvalue weighted by atomic mass is 19.4. The largest absolute Gasteiger partial charge is 0.504 e. The summed E-state index contributed by atoms with van der Waals surface area (Å²) in [5.41, 5.74) is 0.0749. The minimum atomic E-state index is -4.40. The van der Waals surface area contributed by atoms with Crippen LogP contribution in [0.4, 0.5) is 13.2 Å². The molecule has 2 bridgehead atoms. The molecular weight excluding hydrogens is 545 g/mol. The van der Waals surface area contributed by atoms with Crippen molar-refractivity contribution >= 4 is 5.91 Å². The third-order valence-electron chi connectivity index (χ3n) is 10.1. The Bertz CT molecular complexity index is 1380. The number of likely N-dealkylation sites (tertiary alicyclic amines) is 1. The number of phenols is 1. The summed E-state index contributed by atoms with van der Waals surface area (Å²) in [6, 6.07) is 8.13. The lowest BCUT2D eigenvalue weighted by molar-refractivity contribution is -0.200. The normalized spacial score (nSPS) is 29.6. The summed E-state index contributed by atoms with van der Waals surface area (Å²) < 4.78 is 45.7. The molecule has 1 saturated heterocycles. The van der Waals surface area contributed by atoms with E-state index in [0.29, 0.717) is 56.5 Å². The summed E-state index contributed by atoms with van der Waals surface area (Å²) in [6.07, 6.45) is -0.272. The Morgan fingerprint density at radius 3 is 2.62 bits per heavy atom. The van der Waals surface area contributed by atoms with Crippen molar-refractivity contribution in [3.63, 3.8) is 0 Å². The van der Waals surface area contributed by atoms with Crippen LogP contribution in [0, 0.1) is 5.92 Å². The summed E-state index contributed by atoms with van der Waals surface area (Å²) in [5.74, 6) is 0.560. The van der Waals surface area contributed by atoms with Gasteiger partial charge in [-0.15, -0.1) is 6.58 Å². The number of piperidine rings is 1. The van der Waals surface area contributed by atoms with Gasteiger partial charge >= 0.3 is 6.18 Å². The Morgan fingerprint density at radius 2 is 1.95 bits per heavy atom. The molecule has 2 aliphatic heterocycles. The van der Waals surface area contributed by atoms with E-state index in [1.807, 2.05) is 30.9 Å². The molecule has 6 rings (SSSR count). The van der Waals surface area contributed by atoms with Crippen molar-refractivity contribution in [3.05, 3.63) is 71.3 Å². The molecule has 1 amide bonds. The smallest absolute Gasteiger partial charge is 0.416 e. The third kappa shape index (κ3) is 4.34. The van der Waals surface area contributed by atoms with Crippen molar-refractivity contribution in [3.8, 4) is 11.5 Å². The van der Waals surface area contributed by atoms with Crippen LogP contribution < -0.4 is 4.74 Å². The number of rotatable bonds is 8. The lowest BCUT2D eigenvalue weighted by Gasteiger charge is -2.64. The van der Waals surface area contributed by atoms with Crippen LogP contribution in [0.15, 0.2) is 49.1 Å². The predicted molar refractivity (Wildman–Crippen MR) is 152 cm³/mol. The lowest BCUT2D eigenvalue weighted by Crippen LogP contribution is -2.78. The first-order chi connectivity index (χ1) is 19.9. The van der Waals surface area contributed by atoms with Gasteiger partial charge in [-0.05, 0) is 73.9 Å². The number of nitrogens with zero attached hydrogens (tertiary/aromatic N) is 2. The molecule has 9 heteroatoms. The first-order valence-corrected chi connectivity index (χ1v) is 15.0. The Labute approximate surface area is 244 Å². The Kier molecular flexibility index (Phi) is 7.12. The topological polar surface area (TPSA) is 73.2 Å². The maximum atomic E-state index is 13.9. The molecule has 2 aliphatic carbocycles. The molecule has 2 N–H and O–H groups in total. The number of phenolic OH excluding ortho intramolecular Hbond substituents is 1. The van der Waals surface area contributed by atoms with E-state index in [0.717, 1.165) is 29.8 Å². The van der Waals surface area contributed by atoms with Gasteiger partial charge in [-0.1, -0.05) is 38.1 Å². The molecule has 2 aromatic rings. The molecule has 6 nitrogen and oxygen atoms in total. The second kappa shape index (κ2) is 10.3. The molecule has 0 radical (unpaired) electrons. The molecule has 2 fully saturated rings. The number of halogens is 3. The summed E-state index contributed by atoms with van der Waals surface area (Å²) >= 11 is 0. The fourth-order valence-electron chi connectivity index (χ4n) is 8.38. The molecule has 1 saturated carbocycles. The van der Waals surface area contributed by atoms with Crippen molar-refractivity contribution in [1.82, 2.24) is 9.80 Å². The zero-order valence-electron chi connectivity index (χ0n) is 24.2. The number of benzene rings is 2. The standard InChI is InChI=1S/C33H39F3N2O4/c1-4-16-37-17-15-31-28-22-8-11-25(39)29(28)42-30(31)24(13-14-32(31,41)26(37)18-22)38(19-20(2)3)27(40)12-7-21-5-9-23(10-6-21)33(34,35)36/h4-6,8-11,20,24,26,30,39,41H,1,7,12-19H2,2-3H3/t24?,26-,30?,31+,32-/m1/s1. The number of alkyl halides is 3. The third-order valence-corrected chi connectivity index (χ3v) is 10.1. The summed E-state index contributed by atoms with van der Waals surface area (Å²) in [4.78, 5) is 18.1. The van der Waals surface area contributed by atoms with Gasteiger partial charge in [-0.3, -0.25) is 9.69 Å². The number of ether oxygens (including phenoxy) is 1. The van der Waals surface area contributed by atoms with E-state index in [9.17, 15) is 28.2 Å². The molecular formula is C33H39F3N2O4. The van der Waals surface area contributed by atoms with Crippen LogP contribution in [0.3, 0.4) is 0 Å². The molecule has 42 heavy (non-hydrogen) atoms. The van der Waals surface area contributed by atoms with Crippen LogP contribution in [0.5, 0.6) is 11.5 Å². The number of hydrogen-bond acceptors (Lipinski definition) is 5. The lowest BCUT2D eigenvalue weighted by atomic mass is 9.48. The van der Waals surface area contributed by atoms with Crippen LogP contribution in [0.2, 0.25) is 0 Å². The van der Waals surface area contributed by atoms with Crippen LogP contribution in [0.25, 0.3) is 0 Å². The number of aliphatic hydroxyl groups is 1. The van der Waals surface area contributed by atoms with Gasteiger partial charge in [-0.2, -0.15) is 13.2 Å². The van der Waals surface area contributed by atoms with Crippen LogP contribution in [0.1, 0.15) is 61.8 Å². The number of hydrogen-bond donors (Lipinski definition) is 2. The molecule has 2 heterocycles. The van der Waals surface area contributed by atoms with Crippen molar-refractivity contribution in [1.29, 1.82) is 0 Å². The summed E-state index contributed by atoms with van der Waals surface area (Å²) in [6.45, 7) is 9.92. The first kappa shape index (κ1) is 29.1. The summed E-state index contributed by atoms with van der Waals surface area (Å²) in [7, 11) is 0. The van der Waals surface area contributed by atoms with Crippen LogP contribution in [-0.2, 0) is 29.2 Å². The van der Waals surface area contributed by atoms with Gasteiger partial charge in [0.1, 0.15) is 6.10 Å². The molecule has 4 aliphatic rings. The predicted octanol–water partition coefficient (Wildman–Crippen LogP) is 5.24. The highest BCUT2D eigenvalue weighted by Crippen LogP contribution is 2.65. The number of carbonyl (C=O) groups excluding carboxylic acids is 1.